The van der Waals surface area contributed by atoms with E-state index in [0.29, 0.717) is 11.3 Å². The molecule has 0 heterocycles. The van der Waals surface area contributed by atoms with E-state index in [2.05, 4.69) is 10.1 Å². The molecule has 2 aromatic carbocycles. The maximum Gasteiger partial charge on any atom is 0.337 e. The fourth-order valence-corrected chi connectivity index (χ4v) is 2.64. The Morgan fingerprint density at radius 1 is 1.04 bits per heavy atom. The predicted molar refractivity (Wildman–Crippen MR) is 105 cm³/mol. The minimum Gasteiger partial charge on any atom is -0.465 e. The van der Waals surface area contributed by atoms with Crippen LogP contribution in [-0.4, -0.2) is 31.4 Å². The zero-order chi connectivity index (χ0) is 20.0. The number of carbonyl (C=O) groups is 3. The second-order valence-electron chi connectivity index (χ2n) is 6.31. The van der Waals surface area contributed by atoms with E-state index in [-0.39, 0.29) is 24.8 Å². The molecule has 0 aliphatic carbocycles. The van der Waals surface area contributed by atoms with Crippen molar-refractivity contribution >= 4 is 29.2 Å². The molecule has 2 rings (SSSR count). The third-order valence-electron chi connectivity index (χ3n) is 4.31. The van der Waals surface area contributed by atoms with Crippen molar-refractivity contribution in [2.45, 2.75) is 27.2 Å². The summed E-state index contributed by atoms with van der Waals surface area (Å²) < 4.78 is 4.67. The highest BCUT2D eigenvalue weighted by Crippen LogP contribution is 2.19. The van der Waals surface area contributed by atoms with Gasteiger partial charge in [0.15, 0.2) is 0 Å². The molecule has 0 spiro atoms. The Labute approximate surface area is 159 Å². The molecule has 2 aromatic rings. The molecule has 6 heteroatoms. The topological polar surface area (TPSA) is 75.7 Å². The van der Waals surface area contributed by atoms with Crippen molar-refractivity contribution in [2.24, 2.45) is 0 Å². The van der Waals surface area contributed by atoms with Crippen LogP contribution < -0.4 is 10.2 Å². The van der Waals surface area contributed by atoms with Crippen LogP contribution in [-0.2, 0) is 14.3 Å². The van der Waals surface area contributed by atoms with Crippen LogP contribution >= 0.6 is 0 Å². The van der Waals surface area contributed by atoms with Crippen molar-refractivity contribution in [3.05, 3.63) is 59.2 Å². The molecule has 0 radical (unpaired) electrons. The number of amides is 2. The highest BCUT2D eigenvalue weighted by molar-refractivity contribution is 5.96. The van der Waals surface area contributed by atoms with E-state index in [9.17, 15) is 14.4 Å². The molecule has 0 unspecified atom stereocenters. The second kappa shape index (κ2) is 8.98. The van der Waals surface area contributed by atoms with Crippen LogP contribution in [0.1, 0.15) is 34.8 Å². The summed E-state index contributed by atoms with van der Waals surface area (Å²) in [5, 5.41) is 2.74. The minimum atomic E-state index is -0.469. The molecule has 0 saturated heterocycles. The lowest BCUT2D eigenvalue weighted by Gasteiger charge is -2.22. The minimum absolute atomic E-state index is 0.126. The van der Waals surface area contributed by atoms with Gasteiger partial charge in [-0.05, 0) is 55.3 Å². The first-order chi connectivity index (χ1) is 12.8. The first-order valence-corrected chi connectivity index (χ1v) is 8.65. The Hall–Kier alpha value is -3.15. The number of rotatable bonds is 6. The number of nitrogens with zero attached hydrogens (tertiary/aromatic N) is 1. The molecule has 0 aliphatic heterocycles. The molecular weight excluding hydrogens is 344 g/mol. The standard InChI is InChI=1S/C21H24N2O4/c1-14-8-9-19(12-15(14)2)23(16(3)24)11-10-20(25)22-18-7-5-6-17(13-18)21(26)27-4/h5-9,12-13H,10-11H2,1-4H3,(H,22,25). The van der Waals surface area contributed by atoms with Gasteiger partial charge in [0, 0.05) is 31.3 Å². The first kappa shape index (κ1) is 20.2. The van der Waals surface area contributed by atoms with Gasteiger partial charge in [0.1, 0.15) is 0 Å². The lowest BCUT2D eigenvalue weighted by Crippen LogP contribution is -2.32. The number of hydrogen-bond donors (Lipinski definition) is 1. The number of esters is 1. The summed E-state index contributed by atoms with van der Waals surface area (Å²) in [5.74, 6) is -0.838. The van der Waals surface area contributed by atoms with Gasteiger partial charge in [-0.15, -0.1) is 0 Å². The van der Waals surface area contributed by atoms with Crippen molar-refractivity contribution in [2.75, 3.05) is 23.9 Å². The maximum atomic E-state index is 12.3. The number of hydrogen-bond acceptors (Lipinski definition) is 4. The zero-order valence-corrected chi connectivity index (χ0v) is 16.0. The molecule has 0 saturated carbocycles. The largest absolute Gasteiger partial charge is 0.465 e. The van der Waals surface area contributed by atoms with Gasteiger partial charge in [0.25, 0.3) is 0 Å². The summed E-state index contributed by atoms with van der Waals surface area (Å²) in [5.41, 5.74) is 3.86. The molecule has 0 atom stereocenters. The predicted octanol–water partition coefficient (Wildman–Crippen LogP) is 3.47. The molecule has 142 valence electrons. The molecule has 0 bridgehead atoms. The number of nitrogens with one attached hydrogen (secondary N) is 1. The van der Waals surface area contributed by atoms with Gasteiger partial charge in [0.2, 0.25) is 11.8 Å². The van der Waals surface area contributed by atoms with E-state index in [0.717, 1.165) is 16.8 Å². The van der Waals surface area contributed by atoms with Crippen molar-refractivity contribution in [1.82, 2.24) is 0 Å². The third-order valence-corrected chi connectivity index (χ3v) is 4.31. The van der Waals surface area contributed by atoms with Crippen LogP contribution in [0.15, 0.2) is 42.5 Å². The summed E-state index contributed by atoms with van der Waals surface area (Å²) in [6.07, 6.45) is 0.134. The van der Waals surface area contributed by atoms with E-state index >= 15 is 0 Å². The van der Waals surface area contributed by atoms with Crippen LogP contribution in [0.5, 0.6) is 0 Å². The number of carbonyl (C=O) groups excluding carboxylic acids is 3. The van der Waals surface area contributed by atoms with Gasteiger partial charge >= 0.3 is 5.97 Å². The van der Waals surface area contributed by atoms with Crippen LogP contribution in [0.25, 0.3) is 0 Å². The van der Waals surface area contributed by atoms with Crippen LogP contribution in [0.4, 0.5) is 11.4 Å². The highest BCUT2D eigenvalue weighted by Gasteiger charge is 2.15. The van der Waals surface area contributed by atoms with Gasteiger partial charge in [0.05, 0.1) is 12.7 Å². The lowest BCUT2D eigenvalue weighted by atomic mass is 10.1. The van der Waals surface area contributed by atoms with E-state index in [1.54, 1.807) is 29.2 Å². The summed E-state index contributed by atoms with van der Waals surface area (Å²) in [6.45, 7) is 5.73. The van der Waals surface area contributed by atoms with Gasteiger partial charge in [-0.2, -0.15) is 0 Å². The molecule has 0 fully saturated rings. The Morgan fingerprint density at radius 2 is 1.78 bits per heavy atom. The Bertz CT molecular complexity index is 861. The summed E-state index contributed by atoms with van der Waals surface area (Å²) in [4.78, 5) is 37.4. The van der Waals surface area contributed by atoms with Gasteiger partial charge in [-0.25, -0.2) is 4.79 Å². The van der Waals surface area contributed by atoms with E-state index in [1.165, 1.54) is 14.0 Å². The lowest BCUT2D eigenvalue weighted by molar-refractivity contribution is -0.117. The quantitative estimate of drug-likeness (QED) is 0.792. The zero-order valence-electron chi connectivity index (χ0n) is 16.0. The Morgan fingerprint density at radius 3 is 2.41 bits per heavy atom. The molecule has 2 amide bonds. The monoisotopic (exact) mass is 368 g/mol. The van der Waals surface area contributed by atoms with Crippen molar-refractivity contribution < 1.29 is 19.1 Å². The SMILES string of the molecule is COC(=O)c1cccc(NC(=O)CCN(C(C)=O)c2ccc(C)c(C)c2)c1. The fourth-order valence-electron chi connectivity index (χ4n) is 2.64. The molecule has 6 nitrogen and oxygen atoms in total. The number of anilines is 2. The Kier molecular flexibility index (Phi) is 6.71. The maximum absolute atomic E-state index is 12.3. The van der Waals surface area contributed by atoms with E-state index < -0.39 is 5.97 Å². The smallest absolute Gasteiger partial charge is 0.337 e. The summed E-state index contributed by atoms with van der Waals surface area (Å²) in [6, 6.07) is 12.3. The van der Waals surface area contributed by atoms with Crippen molar-refractivity contribution in [3.63, 3.8) is 0 Å². The number of ether oxygens (including phenoxy) is 1. The average molecular weight is 368 g/mol. The highest BCUT2D eigenvalue weighted by atomic mass is 16.5. The molecule has 0 aromatic heterocycles. The average Bonchev–Trinajstić information content (AvgIpc) is 2.64. The third kappa shape index (κ3) is 5.41. The molecule has 0 aliphatic rings. The van der Waals surface area contributed by atoms with E-state index in [4.69, 9.17) is 0 Å². The van der Waals surface area contributed by atoms with Gasteiger partial charge < -0.3 is 15.0 Å². The number of benzene rings is 2. The van der Waals surface area contributed by atoms with Crippen LogP contribution in [0, 0.1) is 13.8 Å². The molecule has 1 N–H and O–H groups in total. The second-order valence-corrected chi connectivity index (χ2v) is 6.31. The van der Waals surface area contributed by atoms with Crippen molar-refractivity contribution in [3.8, 4) is 0 Å². The van der Waals surface area contributed by atoms with Gasteiger partial charge in [-0.3, -0.25) is 9.59 Å². The number of aryl methyl sites for hydroxylation is 2. The Balaban J connectivity index is 2.03. The van der Waals surface area contributed by atoms with Crippen molar-refractivity contribution in [1.29, 1.82) is 0 Å². The fraction of sp³-hybridized carbons (Fsp3) is 0.286. The summed E-state index contributed by atoms with van der Waals surface area (Å²) >= 11 is 0. The molecular formula is C21H24N2O4. The number of methoxy groups -OCH3 is 1. The summed E-state index contributed by atoms with van der Waals surface area (Å²) in [7, 11) is 1.30. The van der Waals surface area contributed by atoms with Crippen LogP contribution in [0.3, 0.4) is 0 Å². The normalized spacial score (nSPS) is 10.2. The van der Waals surface area contributed by atoms with Crippen LogP contribution in [0.2, 0.25) is 0 Å². The molecule has 27 heavy (non-hydrogen) atoms. The van der Waals surface area contributed by atoms with E-state index in [1.807, 2.05) is 32.0 Å². The first-order valence-electron chi connectivity index (χ1n) is 8.65. The van der Waals surface area contributed by atoms with Gasteiger partial charge in [-0.1, -0.05) is 12.1 Å².